The lowest BCUT2D eigenvalue weighted by Gasteiger charge is -2.33. The van der Waals surface area contributed by atoms with E-state index in [2.05, 4.69) is 6.07 Å². The summed E-state index contributed by atoms with van der Waals surface area (Å²) in [6, 6.07) is 19.1. The van der Waals surface area contributed by atoms with Gasteiger partial charge in [0.2, 0.25) is 0 Å². The number of hydrogen-bond acceptors (Lipinski definition) is 3. The third-order valence-electron chi connectivity index (χ3n) is 4.40. The van der Waals surface area contributed by atoms with Crippen LogP contribution in [0.15, 0.2) is 54.6 Å². The van der Waals surface area contributed by atoms with Gasteiger partial charge in [-0.2, -0.15) is 5.26 Å². The van der Waals surface area contributed by atoms with E-state index in [0.29, 0.717) is 24.3 Å². The first-order valence-electron chi connectivity index (χ1n) is 7.65. The van der Waals surface area contributed by atoms with Crippen LogP contribution >= 0.6 is 0 Å². The summed E-state index contributed by atoms with van der Waals surface area (Å²) in [4.78, 5) is 14.8. The van der Waals surface area contributed by atoms with Crippen LogP contribution in [0.2, 0.25) is 0 Å². The highest BCUT2D eigenvalue weighted by atomic mass is 16.5. The first-order valence-corrected chi connectivity index (χ1v) is 7.65. The molecule has 4 nitrogen and oxygen atoms in total. The molecule has 0 N–H and O–H groups in total. The third kappa shape index (κ3) is 2.44. The second-order valence-electron chi connectivity index (χ2n) is 5.60. The van der Waals surface area contributed by atoms with Crippen LogP contribution in [0.25, 0.3) is 0 Å². The molecule has 1 aliphatic rings. The topological polar surface area (TPSA) is 53.3 Å². The van der Waals surface area contributed by atoms with Crippen molar-refractivity contribution in [2.24, 2.45) is 0 Å². The normalized spacial score (nSPS) is 20.1. The molecule has 0 radical (unpaired) electrons. The number of benzene rings is 2. The summed E-state index contributed by atoms with van der Waals surface area (Å²) in [7, 11) is 1.55. The lowest BCUT2D eigenvalue weighted by atomic mass is 9.88. The van der Waals surface area contributed by atoms with E-state index in [1.54, 1.807) is 24.1 Å². The Morgan fingerprint density at radius 3 is 2.57 bits per heavy atom. The summed E-state index contributed by atoms with van der Waals surface area (Å²) >= 11 is 0. The zero-order chi connectivity index (χ0) is 16.3. The lowest BCUT2D eigenvalue weighted by Crippen LogP contribution is -2.44. The molecule has 0 aromatic heterocycles. The number of methoxy groups -OCH3 is 1. The van der Waals surface area contributed by atoms with E-state index in [4.69, 9.17) is 4.74 Å². The molecule has 2 aromatic rings. The lowest BCUT2D eigenvalue weighted by molar-refractivity contribution is 0.0666. The van der Waals surface area contributed by atoms with E-state index in [1.807, 2.05) is 42.5 Å². The molecule has 1 fully saturated rings. The maximum absolute atomic E-state index is 13.1. The molecular weight excluding hydrogens is 288 g/mol. The van der Waals surface area contributed by atoms with Gasteiger partial charge in [0.1, 0.15) is 5.75 Å². The van der Waals surface area contributed by atoms with E-state index in [1.165, 1.54) is 0 Å². The number of para-hydroxylation sites is 1. The van der Waals surface area contributed by atoms with Crippen molar-refractivity contribution in [3.05, 3.63) is 65.7 Å². The van der Waals surface area contributed by atoms with Gasteiger partial charge in [-0.1, -0.05) is 42.5 Å². The Morgan fingerprint density at radius 2 is 1.87 bits per heavy atom. The zero-order valence-electron chi connectivity index (χ0n) is 13.0. The molecule has 1 amide bonds. The van der Waals surface area contributed by atoms with Crippen LogP contribution in [0.5, 0.6) is 5.75 Å². The molecule has 116 valence electrons. The number of nitriles is 1. The van der Waals surface area contributed by atoms with Gasteiger partial charge < -0.3 is 9.64 Å². The van der Waals surface area contributed by atoms with Crippen LogP contribution in [-0.2, 0) is 5.54 Å². The molecular formula is C19H18N2O2. The summed E-state index contributed by atoms with van der Waals surface area (Å²) in [5.74, 6) is 0.370. The maximum Gasteiger partial charge on any atom is 0.259 e. The fraction of sp³-hybridized carbons (Fsp3) is 0.263. The molecule has 0 saturated carbocycles. The highest BCUT2D eigenvalue weighted by Gasteiger charge is 2.46. The number of carbonyl (C=O) groups is 1. The molecule has 1 saturated heterocycles. The average Bonchev–Trinajstić information content (AvgIpc) is 3.07. The Hall–Kier alpha value is -2.80. The van der Waals surface area contributed by atoms with Gasteiger partial charge in [0.05, 0.1) is 18.7 Å². The quantitative estimate of drug-likeness (QED) is 0.874. The fourth-order valence-electron chi connectivity index (χ4n) is 3.26. The van der Waals surface area contributed by atoms with Crippen molar-refractivity contribution in [2.75, 3.05) is 13.7 Å². The molecule has 1 atom stereocenters. The summed E-state index contributed by atoms with van der Waals surface area (Å²) in [6.07, 6.45) is 1.46. The van der Waals surface area contributed by atoms with Gasteiger partial charge in [0.25, 0.3) is 5.91 Å². The van der Waals surface area contributed by atoms with E-state index in [-0.39, 0.29) is 5.91 Å². The Kier molecular flexibility index (Phi) is 4.03. The number of hydrogen-bond donors (Lipinski definition) is 0. The molecule has 0 unspecified atom stereocenters. The molecule has 0 aliphatic carbocycles. The van der Waals surface area contributed by atoms with Gasteiger partial charge >= 0.3 is 0 Å². The first kappa shape index (κ1) is 15.1. The van der Waals surface area contributed by atoms with E-state index < -0.39 is 5.54 Å². The third-order valence-corrected chi connectivity index (χ3v) is 4.40. The molecule has 1 aliphatic heterocycles. The molecule has 23 heavy (non-hydrogen) atoms. The van der Waals surface area contributed by atoms with Gasteiger partial charge in [-0.15, -0.1) is 0 Å². The number of ether oxygens (including phenoxy) is 1. The molecule has 1 heterocycles. The predicted octanol–water partition coefficient (Wildman–Crippen LogP) is 3.35. The van der Waals surface area contributed by atoms with E-state index >= 15 is 0 Å². The Labute approximate surface area is 135 Å². The SMILES string of the molecule is COc1ccccc1C(=O)N1CCC[C@@]1(C#N)c1ccccc1. The highest BCUT2D eigenvalue weighted by Crippen LogP contribution is 2.40. The van der Waals surface area contributed by atoms with Crippen LogP contribution in [0.1, 0.15) is 28.8 Å². The molecule has 2 aromatic carbocycles. The summed E-state index contributed by atoms with van der Waals surface area (Å²) in [6.45, 7) is 0.569. The minimum absolute atomic E-state index is 0.162. The summed E-state index contributed by atoms with van der Waals surface area (Å²) in [5, 5.41) is 9.89. The number of nitrogens with zero attached hydrogens (tertiary/aromatic N) is 2. The smallest absolute Gasteiger partial charge is 0.259 e. The minimum atomic E-state index is -0.904. The van der Waals surface area contributed by atoms with Gasteiger partial charge in [-0.25, -0.2) is 0 Å². The van der Waals surface area contributed by atoms with Gasteiger partial charge in [0.15, 0.2) is 5.54 Å². The van der Waals surface area contributed by atoms with Crippen molar-refractivity contribution in [1.82, 2.24) is 4.90 Å². The Balaban J connectivity index is 2.05. The van der Waals surface area contributed by atoms with Crippen LogP contribution < -0.4 is 4.74 Å². The zero-order valence-corrected chi connectivity index (χ0v) is 13.0. The molecule has 4 heteroatoms. The van der Waals surface area contributed by atoms with E-state index in [0.717, 1.165) is 12.0 Å². The fourth-order valence-corrected chi connectivity index (χ4v) is 3.26. The highest BCUT2D eigenvalue weighted by molar-refractivity contribution is 5.98. The van der Waals surface area contributed by atoms with Gasteiger partial charge in [-0.05, 0) is 30.5 Å². The molecule has 0 bridgehead atoms. The molecule has 3 rings (SSSR count). The predicted molar refractivity (Wildman–Crippen MR) is 87.0 cm³/mol. The Bertz CT molecular complexity index is 751. The average molecular weight is 306 g/mol. The summed E-state index contributed by atoms with van der Waals surface area (Å²) in [5.41, 5.74) is 0.454. The number of carbonyl (C=O) groups excluding carboxylic acids is 1. The van der Waals surface area contributed by atoms with Crippen molar-refractivity contribution in [3.63, 3.8) is 0 Å². The maximum atomic E-state index is 13.1. The van der Waals surface area contributed by atoms with Gasteiger partial charge in [0, 0.05) is 6.54 Å². The largest absolute Gasteiger partial charge is 0.496 e. The second kappa shape index (κ2) is 6.13. The van der Waals surface area contributed by atoms with Crippen LogP contribution in [0.4, 0.5) is 0 Å². The van der Waals surface area contributed by atoms with Crippen LogP contribution in [-0.4, -0.2) is 24.5 Å². The Morgan fingerprint density at radius 1 is 1.17 bits per heavy atom. The summed E-state index contributed by atoms with van der Waals surface area (Å²) < 4.78 is 5.30. The van der Waals surface area contributed by atoms with Crippen molar-refractivity contribution in [1.29, 1.82) is 5.26 Å². The molecule has 0 spiro atoms. The number of rotatable bonds is 3. The monoisotopic (exact) mass is 306 g/mol. The van der Waals surface area contributed by atoms with Gasteiger partial charge in [-0.3, -0.25) is 4.79 Å². The first-order chi connectivity index (χ1) is 11.2. The van der Waals surface area contributed by atoms with Crippen molar-refractivity contribution in [2.45, 2.75) is 18.4 Å². The number of likely N-dealkylation sites (tertiary alicyclic amines) is 1. The van der Waals surface area contributed by atoms with E-state index in [9.17, 15) is 10.1 Å². The van der Waals surface area contributed by atoms with Crippen molar-refractivity contribution < 1.29 is 9.53 Å². The second-order valence-corrected chi connectivity index (χ2v) is 5.60. The van der Waals surface area contributed by atoms with Crippen molar-refractivity contribution in [3.8, 4) is 11.8 Å². The van der Waals surface area contributed by atoms with Crippen LogP contribution in [0.3, 0.4) is 0 Å². The standard InChI is InChI=1S/C19H18N2O2/c1-23-17-11-6-5-10-16(17)18(22)21-13-7-12-19(21,14-20)15-8-3-2-4-9-15/h2-6,8-11H,7,12-13H2,1H3/t19-/m1/s1. The van der Waals surface area contributed by atoms with Crippen LogP contribution in [0, 0.1) is 11.3 Å². The minimum Gasteiger partial charge on any atom is -0.496 e. The number of amides is 1. The van der Waals surface area contributed by atoms with Crippen molar-refractivity contribution >= 4 is 5.91 Å².